The Morgan fingerprint density at radius 3 is 2.25 bits per heavy atom. The molecule has 0 aromatic heterocycles. The van der Waals surface area contributed by atoms with Gasteiger partial charge in [0, 0.05) is 0 Å². The minimum atomic E-state index is -0.694. The molecule has 0 saturated heterocycles. The quantitative estimate of drug-likeness (QED) is 0.697. The molecule has 0 bridgehead atoms. The number of rotatable bonds is 2. The van der Waals surface area contributed by atoms with Crippen molar-refractivity contribution in [2.75, 3.05) is 0 Å². The summed E-state index contributed by atoms with van der Waals surface area (Å²) < 4.78 is 0. The van der Waals surface area contributed by atoms with Gasteiger partial charge in [-0.15, -0.1) is 0 Å². The predicted octanol–water partition coefficient (Wildman–Crippen LogP) is 4.01. The number of allylic oxidation sites excluding steroid dienone is 3. The minimum absolute atomic E-state index is 0.0557. The highest BCUT2D eigenvalue weighted by atomic mass is 16.3. The van der Waals surface area contributed by atoms with E-state index in [4.69, 9.17) is 0 Å². The smallest absolute Gasteiger partial charge is 0.0837 e. The summed E-state index contributed by atoms with van der Waals surface area (Å²) in [5.41, 5.74) is 2.34. The third-order valence-electron chi connectivity index (χ3n) is 3.64. The van der Waals surface area contributed by atoms with Crippen molar-refractivity contribution in [3.8, 4) is 0 Å². The number of aliphatic hydroxyl groups is 1. The van der Waals surface area contributed by atoms with Crippen LogP contribution in [0.4, 0.5) is 0 Å². The van der Waals surface area contributed by atoms with Crippen LogP contribution in [-0.2, 0) is 0 Å². The Morgan fingerprint density at radius 2 is 1.81 bits per heavy atom. The van der Waals surface area contributed by atoms with Crippen LogP contribution in [0.5, 0.6) is 0 Å². The lowest BCUT2D eigenvalue weighted by Crippen LogP contribution is -2.39. The lowest BCUT2D eigenvalue weighted by Gasteiger charge is -2.43. The van der Waals surface area contributed by atoms with Crippen molar-refractivity contribution in [3.05, 3.63) is 36.0 Å². The molecule has 0 amide bonds. The molecule has 1 aliphatic rings. The fourth-order valence-corrected chi connectivity index (χ4v) is 2.52. The number of hydrogen-bond donors (Lipinski definition) is 1. The maximum atomic E-state index is 10.5. The van der Waals surface area contributed by atoms with Gasteiger partial charge in [0.25, 0.3) is 0 Å². The molecule has 90 valence electrons. The fourth-order valence-electron chi connectivity index (χ4n) is 2.52. The Labute approximate surface area is 99.6 Å². The summed E-state index contributed by atoms with van der Waals surface area (Å²) in [6, 6.07) is 0. The van der Waals surface area contributed by atoms with E-state index in [-0.39, 0.29) is 5.41 Å². The maximum absolute atomic E-state index is 10.5. The van der Waals surface area contributed by atoms with Gasteiger partial charge in [-0.25, -0.2) is 0 Å². The van der Waals surface area contributed by atoms with Crippen molar-refractivity contribution in [2.45, 2.75) is 52.6 Å². The first-order chi connectivity index (χ1) is 7.17. The molecule has 1 atom stereocenters. The molecular weight excluding hydrogens is 196 g/mol. The molecule has 0 aliphatic heterocycles. The van der Waals surface area contributed by atoms with Crippen LogP contribution in [0.3, 0.4) is 0 Å². The molecular formula is C15H24O. The van der Waals surface area contributed by atoms with Gasteiger partial charge in [0.1, 0.15) is 0 Å². The van der Waals surface area contributed by atoms with Gasteiger partial charge in [-0.05, 0) is 49.7 Å². The zero-order valence-electron chi connectivity index (χ0n) is 11.1. The van der Waals surface area contributed by atoms with E-state index in [0.717, 1.165) is 36.0 Å². The number of hydrogen-bond acceptors (Lipinski definition) is 1. The molecule has 1 unspecified atom stereocenters. The predicted molar refractivity (Wildman–Crippen MR) is 70.3 cm³/mol. The van der Waals surface area contributed by atoms with Gasteiger partial charge < -0.3 is 5.11 Å². The van der Waals surface area contributed by atoms with Gasteiger partial charge in [-0.3, -0.25) is 0 Å². The van der Waals surface area contributed by atoms with E-state index in [1.54, 1.807) is 0 Å². The monoisotopic (exact) mass is 220 g/mol. The Balaban J connectivity index is 3.13. The zero-order valence-corrected chi connectivity index (χ0v) is 11.1. The molecule has 0 aromatic carbocycles. The van der Waals surface area contributed by atoms with Crippen LogP contribution in [0.2, 0.25) is 0 Å². The largest absolute Gasteiger partial charge is 0.386 e. The highest BCUT2D eigenvalue weighted by molar-refractivity contribution is 5.41. The Bertz CT molecular complexity index is 324. The standard InChI is InChI=1S/C15H24O/c1-11(2)12(3)10-13-14(4,5)8-7-9-15(13,6)16/h10,16H,1,3,7-9H2,2,4-6H3/b13-10+. The second kappa shape index (κ2) is 4.21. The molecule has 1 N–H and O–H groups in total. The maximum Gasteiger partial charge on any atom is 0.0837 e. The molecule has 0 aromatic rings. The first-order valence-electron chi connectivity index (χ1n) is 5.97. The molecule has 0 heterocycles. The summed E-state index contributed by atoms with van der Waals surface area (Å²) in [6.45, 7) is 16.1. The van der Waals surface area contributed by atoms with Crippen molar-refractivity contribution in [3.63, 3.8) is 0 Å². The summed E-state index contributed by atoms with van der Waals surface area (Å²) >= 11 is 0. The van der Waals surface area contributed by atoms with E-state index in [1.165, 1.54) is 0 Å². The van der Waals surface area contributed by atoms with Crippen molar-refractivity contribution in [1.29, 1.82) is 0 Å². The highest BCUT2D eigenvalue weighted by Crippen LogP contribution is 2.46. The van der Waals surface area contributed by atoms with Crippen LogP contribution in [0.25, 0.3) is 0 Å². The molecule has 16 heavy (non-hydrogen) atoms. The van der Waals surface area contributed by atoms with E-state index in [1.807, 2.05) is 19.9 Å². The summed E-state index contributed by atoms with van der Waals surface area (Å²) in [5.74, 6) is 0. The van der Waals surface area contributed by atoms with E-state index >= 15 is 0 Å². The van der Waals surface area contributed by atoms with Crippen molar-refractivity contribution in [2.24, 2.45) is 5.41 Å². The van der Waals surface area contributed by atoms with Gasteiger partial charge in [-0.1, -0.05) is 38.7 Å². The summed E-state index contributed by atoms with van der Waals surface area (Å²) in [7, 11) is 0. The van der Waals surface area contributed by atoms with E-state index < -0.39 is 5.60 Å². The van der Waals surface area contributed by atoms with Crippen LogP contribution in [0, 0.1) is 5.41 Å². The van der Waals surface area contributed by atoms with Crippen LogP contribution in [0.15, 0.2) is 36.0 Å². The highest BCUT2D eigenvalue weighted by Gasteiger charge is 2.40. The van der Waals surface area contributed by atoms with Crippen LogP contribution >= 0.6 is 0 Å². The summed E-state index contributed by atoms with van der Waals surface area (Å²) in [5, 5.41) is 10.5. The summed E-state index contributed by atoms with van der Waals surface area (Å²) in [4.78, 5) is 0. The first-order valence-corrected chi connectivity index (χ1v) is 5.97. The normalized spacial score (nSPS) is 31.4. The average Bonchev–Trinajstić information content (AvgIpc) is 2.10. The zero-order chi connectivity index (χ0) is 12.6. The van der Waals surface area contributed by atoms with Crippen molar-refractivity contribution >= 4 is 0 Å². The van der Waals surface area contributed by atoms with Gasteiger partial charge in [0.05, 0.1) is 5.60 Å². The molecule has 1 saturated carbocycles. The minimum Gasteiger partial charge on any atom is -0.386 e. The lowest BCUT2D eigenvalue weighted by molar-refractivity contribution is 0.0397. The van der Waals surface area contributed by atoms with Crippen molar-refractivity contribution < 1.29 is 5.11 Å². The second-order valence-electron chi connectivity index (χ2n) is 5.87. The Morgan fingerprint density at radius 1 is 1.25 bits per heavy atom. The molecule has 1 nitrogen and oxygen atoms in total. The average molecular weight is 220 g/mol. The third kappa shape index (κ3) is 2.65. The SMILES string of the molecule is C=C(C)C(=C)/C=C1\C(C)(C)CCCC1(C)O. The van der Waals surface area contributed by atoms with Gasteiger partial charge >= 0.3 is 0 Å². The summed E-state index contributed by atoms with van der Waals surface area (Å²) in [6.07, 6.45) is 5.07. The Kier molecular flexibility index (Phi) is 3.49. The van der Waals surface area contributed by atoms with Gasteiger partial charge in [-0.2, -0.15) is 0 Å². The van der Waals surface area contributed by atoms with Crippen LogP contribution in [0.1, 0.15) is 47.0 Å². The first kappa shape index (κ1) is 13.2. The topological polar surface area (TPSA) is 20.2 Å². The second-order valence-corrected chi connectivity index (χ2v) is 5.87. The Hall–Kier alpha value is -0.820. The molecule has 0 spiro atoms. The van der Waals surface area contributed by atoms with E-state index in [2.05, 4.69) is 27.0 Å². The van der Waals surface area contributed by atoms with Crippen molar-refractivity contribution in [1.82, 2.24) is 0 Å². The lowest BCUT2D eigenvalue weighted by atomic mass is 9.65. The van der Waals surface area contributed by atoms with Crippen LogP contribution in [-0.4, -0.2) is 10.7 Å². The van der Waals surface area contributed by atoms with E-state index in [0.29, 0.717) is 0 Å². The third-order valence-corrected chi connectivity index (χ3v) is 3.64. The molecule has 1 heteroatoms. The molecule has 1 aliphatic carbocycles. The van der Waals surface area contributed by atoms with Gasteiger partial charge in [0.15, 0.2) is 0 Å². The molecule has 1 fully saturated rings. The van der Waals surface area contributed by atoms with Gasteiger partial charge in [0.2, 0.25) is 0 Å². The van der Waals surface area contributed by atoms with E-state index in [9.17, 15) is 5.11 Å². The van der Waals surface area contributed by atoms with Crippen LogP contribution < -0.4 is 0 Å². The fraction of sp³-hybridized carbons (Fsp3) is 0.600. The molecule has 0 radical (unpaired) electrons. The molecule has 1 rings (SSSR count).